The number of aliphatic hydroxyl groups excluding tert-OH is 2. The smallest absolute Gasteiger partial charge is 0.153 e. The molecule has 0 amide bonds. The van der Waals surface area contributed by atoms with Crippen LogP contribution in [0.3, 0.4) is 0 Å². The van der Waals surface area contributed by atoms with Gasteiger partial charge in [-0.25, -0.2) is 8.78 Å². The lowest BCUT2D eigenvalue weighted by Crippen LogP contribution is -2.29. The van der Waals surface area contributed by atoms with E-state index in [4.69, 9.17) is 0 Å². The third kappa shape index (κ3) is 8.69. The predicted octanol–water partition coefficient (Wildman–Crippen LogP) is 7.20. The van der Waals surface area contributed by atoms with Crippen molar-refractivity contribution in [1.82, 2.24) is 9.97 Å². The summed E-state index contributed by atoms with van der Waals surface area (Å²) in [6.07, 6.45) is 3.38. The fourth-order valence-corrected chi connectivity index (χ4v) is 4.04. The average Bonchev–Trinajstić information content (AvgIpc) is 2.96. The van der Waals surface area contributed by atoms with Crippen molar-refractivity contribution in [1.29, 1.82) is 0 Å². The summed E-state index contributed by atoms with van der Waals surface area (Å²) in [6, 6.07) is 16.9. The number of Topliss-reactive ketones (excluding diaryl/α,β-unsaturated/α-hetero) is 1. The minimum absolute atomic E-state index is 0.0502. The molecule has 41 heavy (non-hydrogen) atoms. The van der Waals surface area contributed by atoms with Crippen LogP contribution in [0.15, 0.2) is 97.6 Å². The van der Waals surface area contributed by atoms with E-state index in [0.717, 1.165) is 0 Å². The van der Waals surface area contributed by atoms with E-state index in [1.54, 1.807) is 24.3 Å². The number of hydrogen-bond acceptors (Lipinski definition) is 5. The fourth-order valence-electron chi connectivity index (χ4n) is 4.04. The van der Waals surface area contributed by atoms with Crippen LogP contribution in [-0.2, 0) is 4.79 Å². The molecule has 2 aromatic carbocycles. The van der Waals surface area contributed by atoms with Gasteiger partial charge in [0.15, 0.2) is 5.78 Å². The van der Waals surface area contributed by atoms with Crippen LogP contribution in [0.4, 0.5) is 8.78 Å². The number of aromatic nitrogens is 2. The molecular weight excluding hydrogens is 538 g/mol. The van der Waals surface area contributed by atoms with Crippen LogP contribution in [0.1, 0.15) is 67.1 Å². The number of ketones is 1. The number of pyridine rings is 2. The maximum Gasteiger partial charge on any atom is 0.153 e. The largest absolute Gasteiger partial charge is 0.387 e. The molecule has 0 aliphatic rings. The molecule has 4 atom stereocenters. The Morgan fingerprint density at radius 1 is 0.634 bits per heavy atom. The van der Waals surface area contributed by atoms with Gasteiger partial charge in [-0.3, -0.25) is 14.8 Å². The lowest BCUT2D eigenvalue weighted by atomic mass is 9.76. The van der Waals surface area contributed by atoms with Gasteiger partial charge in [0, 0.05) is 33.6 Å². The molecule has 0 spiro atoms. The first-order chi connectivity index (χ1) is 19.4. The van der Waals surface area contributed by atoms with Crippen molar-refractivity contribution in [2.75, 3.05) is 0 Å². The van der Waals surface area contributed by atoms with E-state index in [2.05, 4.69) is 43.8 Å². The molecule has 0 saturated heterocycles. The first-order valence-corrected chi connectivity index (χ1v) is 15.9. The van der Waals surface area contributed by atoms with E-state index in [0.29, 0.717) is 27.3 Å². The highest BCUT2D eigenvalue weighted by Gasteiger charge is 2.39. The topological polar surface area (TPSA) is 83.3 Å². The summed E-state index contributed by atoms with van der Waals surface area (Å²) in [4.78, 5) is 22.0. The van der Waals surface area contributed by atoms with E-state index in [1.165, 1.54) is 73.3 Å². The monoisotopic (exact) mass is 575 g/mol. The van der Waals surface area contributed by atoms with E-state index < -0.39 is 41.5 Å². The second-order valence-corrected chi connectivity index (χ2v) is 14.7. The van der Waals surface area contributed by atoms with Crippen molar-refractivity contribution in [3.8, 4) is 0 Å². The van der Waals surface area contributed by atoms with Crippen LogP contribution in [0, 0.1) is 11.6 Å². The number of carbonyl (C=O) groups excluding carboxylic acids is 1. The van der Waals surface area contributed by atoms with Gasteiger partial charge >= 0.3 is 0 Å². The number of hydrogen-bond donors (Lipinski definition) is 2. The van der Waals surface area contributed by atoms with E-state index in [1.807, 2.05) is 0 Å². The third-order valence-corrected chi connectivity index (χ3v) is 10.3. The van der Waals surface area contributed by atoms with Crippen LogP contribution < -0.4 is 0 Å². The van der Waals surface area contributed by atoms with E-state index in [9.17, 15) is 23.8 Å². The zero-order chi connectivity index (χ0) is 30.2. The van der Waals surface area contributed by atoms with Gasteiger partial charge in [0.05, 0.1) is 24.0 Å². The fraction of sp³-hybridized carbons (Fsp3) is 0.303. The van der Waals surface area contributed by atoms with Crippen molar-refractivity contribution in [3.63, 3.8) is 0 Å². The van der Waals surface area contributed by atoms with Gasteiger partial charge in [-0.05, 0) is 75.8 Å². The Bertz CT molecular complexity index is 1270. The number of halogens is 2. The molecular formula is C33H37F2N2O3Si. The molecule has 0 aliphatic carbocycles. The number of nitrogens with zero attached hydrogens (tertiary/aromatic N) is 2. The summed E-state index contributed by atoms with van der Waals surface area (Å²) in [5.74, 6) is -3.77. The quantitative estimate of drug-likeness (QED) is 0.217. The first kappa shape index (κ1) is 31.9. The Morgan fingerprint density at radius 2 is 0.927 bits per heavy atom. The van der Waals surface area contributed by atoms with Crippen molar-refractivity contribution < 1.29 is 23.8 Å². The summed E-state index contributed by atoms with van der Waals surface area (Å²) >= 11 is 0. The summed E-state index contributed by atoms with van der Waals surface area (Å²) in [5, 5.41) is 23.1. The molecule has 1 radical (unpaired) electrons. The molecule has 4 rings (SSSR count). The lowest BCUT2D eigenvalue weighted by Gasteiger charge is -2.30. The lowest BCUT2D eigenvalue weighted by molar-refractivity contribution is -0.127. The Hall–Kier alpha value is -3.59. The molecule has 0 saturated carbocycles. The average molecular weight is 576 g/mol. The molecule has 2 heterocycles. The van der Waals surface area contributed by atoms with Gasteiger partial charge in [-0.15, -0.1) is 0 Å². The Balaban J connectivity index is 0.000000587. The van der Waals surface area contributed by atoms with Crippen LogP contribution in [-0.4, -0.2) is 34.8 Å². The van der Waals surface area contributed by atoms with Crippen molar-refractivity contribution in [3.05, 3.63) is 131 Å². The SMILES string of the molecule is C[Si](C)C(C)(C)C.O=C(C(c1ccc(F)cc1)C(O)c1ccncc1)C(c1ccc(F)cc1)C(O)c1ccncc1. The summed E-state index contributed by atoms with van der Waals surface area (Å²) in [7, 11) is -0.0502. The highest BCUT2D eigenvalue weighted by molar-refractivity contribution is 6.59. The normalized spacial score (nSPS) is 14.4. The van der Waals surface area contributed by atoms with Gasteiger partial charge in [0.2, 0.25) is 0 Å². The Labute approximate surface area is 242 Å². The van der Waals surface area contributed by atoms with E-state index in [-0.39, 0.29) is 8.80 Å². The standard InChI is InChI=1S/C27H22F2N2O3.C6H15Si/c28-21-5-1-17(2-6-21)23(25(32)19-9-13-30-14-10-19)27(34)24(18-3-7-22(29)8-4-18)26(33)20-11-15-31-16-12-20;1-6(2,3)7(4)5/h1-16,23-26,32-33H;1-5H3. The summed E-state index contributed by atoms with van der Waals surface area (Å²) in [6.45, 7) is 11.6. The molecule has 2 N–H and O–H groups in total. The van der Waals surface area contributed by atoms with E-state index >= 15 is 0 Å². The van der Waals surface area contributed by atoms with Gasteiger partial charge in [0.25, 0.3) is 0 Å². The highest BCUT2D eigenvalue weighted by Crippen LogP contribution is 2.41. The number of benzene rings is 2. The van der Waals surface area contributed by atoms with Crippen molar-refractivity contribution in [2.45, 2.75) is 62.9 Å². The molecule has 4 unspecified atom stereocenters. The van der Waals surface area contributed by atoms with Gasteiger partial charge in [-0.1, -0.05) is 58.1 Å². The van der Waals surface area contributed by atoms with Crippen LogP contribution in [0.25, 0.3) is 0 Å². The third-order valence-electron chi connectivity index (χ3n) is 7.30. The Kier molecular flexibility index (Phi) is 11.2. The zero-order valence-electron chi connectivity index (χ0n) is 24.0. The number of carbonyl (C=O) groups is 1. The van der Waals surface area contributed by atoms with Crippen molar-refractivity contribution in [2.24, 2.45) is 0 Å². The molecule has 0 bridgehead atoms. The van der Waals surface area contributed by atoms with Gasteiger partial charge in [0.1, 0.15) is 11.6 Å². The molecule has 0 fully saturated rings. The molecule has 5 nitrogen and oxygen atoms in total. The van der Waals surface area contributed by atoms with Gasteiger partial charge in [-0.2, -0.15) is 0 Å². The zero-order valence-corrected chi connectivity index (χ0v) is 25.0. The molecule has 4 aromatic rings. The second kappa shape index (κ2) is 14.3. The van der Waals surface area contributed by atoms with Crippen LogP contribution in [0.5, 0.6) is 0 Å². The minimum Gasteiger partial charge on any atom is -0.387 e. The predicted molar refractivity (Wildman–Crippen MR) is 159 cm³/mol. The Morgan fingerprint density at radius 3 is 1.20 bits per heavy atom. The molecule has 2 aromatic heterocycles. The van der Waals surface area contributed by atoms with Gasteiger partial charge < -0.3 is 10.2 Å². The number of aliphatic hydroxyl groups is 2. The van der Waals surface area contributed by atoms with Crippen LogP contribution in [0.2, 0.25) is 18.1 Å². The second-order valence-electron chi connectivity index (χ2n) is 11.2. The highest BCUT2D eigenvalue weighted by atomic mass is 28.3. The molecule has 215 valence electrons. The van der Waals surface area contributed by atoms with Crippen LogP contribution >= 0.6 is 0 Å². The first-order valence-electron chi connectivity index (χ1n) is 13.4. The molecule has 8 heteroatoms. The maximum atomic E-state index is 14.1. The number of rotatable bonds is 8. The minimum atomic E-state index is -1.30. The maximum absolute atomic E-state index is 14.1. The summed E-state index contributed by atoms with van der Waals surface area (Å²) in [5.41, 5.74) is 1.64. The summed E-state index contributed by atoms with van der Waals surface area (Å²) < 4.78 is 27.3. The molecule has 0 aliphatic heterocycles. The van der Waals surface area contributed by atoms with Crippen molar-refractivity contribution >= 4 is 14.6 Å².